The van der Waals surface area contributed by atoms with Gasteiger partial charge in [-0.05, 0) is 36.9 Å². The van der Waals surface area contributed by atoms with Crippen molar-refractivity contribution >= 4 is 0 Å². The minimum atomic E-state index is -0.237. The summed E-state index contributed by atoms with van der Waals surface area (Å²) in [4.78, 5) is 4.43. The Hall–Kier alpha value is -1.75. The van der Waals surface area contributed by atoms with Crippen LogP contribution < -0.4 is 5.73 Å². The van der Waals surface area contributed by atoms with E-state index in [1.165, 1.54) is 6.07 Å². The number of nitrogens with zero attached hydrogens (tertiary/aromatic N) is 2. The Morgan fingerprint density at radius 2 is 2.15 bits per heavy atom. The van der Waals surface area contributed by atoms with E-state index in [9.17, 15) is 4.39 Å². The zero-order valence-electron chi connectivity index (χ0n) is 11.3. The van der Waals surface area contributed by atoms with Crippen LogP contribution in [-0.4, -0.2) is 16.7 Å². The van der Waals surface area contributed by atoms with Crippen molar-refractivity contribution in [3.05, 3.63) is 47.4 Å². The fourth-order valence-corrected chi connectivity index (χ4v) is 2.95. The van der Waals surface area contributed by atoms with E-state index in [2.05, 4.69) is 10.1 Å². The molecular weight excluding hydrogens is 257 g/mol. The molecule has 20 heavy (non-hydrogen) atoms. The normalized spacial score (nSPS) is 22.3. The summed E-state index contributed by atoms with van der Waals surface area (Å²) in [6.45, 7) is 0.649. The van der Waals surface area contributed by atoms with Crippen molar-refractivity contribution < 1.29 is 8.91 Å². The number of aromatic nitrogens is 2. The Balaban J connectivity index is 1.76. The maximum absolute atomic E-state index is 13.6. The zero-order valence-corrected chi connectivity index (χ0v) is 11.3. The standard InChI is InChI=1S/C15H18FN3O/c16-13-7-2-1-4-10(13)8-14-18-15(20-19-14)12-6-3-5-11(12)9-17/h1-2,4,7,11-12H,3,5-6,8-9,17H2. The zero-order chi connectivity index (χ0) is 13.9. The van der Waals surface area contributed by atoms with Gasteiger partial charge in [-0.3, -0.25) is 0 Å². The van der Waals surface area contributed by atoms with Crippen LogP contribution in [0.2, 0.25) is 0 Å². The molecule has 1 aliphatic rings. The molecule has 0 aliphatic heterocycles. The molecule has 0 bridgehead atoms. The second kappa shape index (κ2) is 5.71. The average Bonchev–Trinajstić information content (AvgIpc) is 3.09. The van der Waals surface area contributed by atoms with E-state index in [1.54, 1.807) is 18.2 Å². The third kappa shape index (κ3) is 2.58. The molecule has 1 aliphatic carbocycles. The quantitative estimate of drug-likeness (QED) is 0.931. The fourth-order valence-electron chi connectivity index (χ4n) is 2.95. The van der Waals surface area contributed by atoms with E-state index in [0.717, 1.165) is 19.3 Å². The Kier molecular flexibility index (Phi) is 3.78. The van der Waals surface area contributed by atoms with Gasteiger partial charge in [0.05, 0.1) is 0 Å². The van der Waals surface area contributed by atoms with Gasteiger partial charge in [0.1, 0.15) is 5.82 Å². The van der Waals surface area contributed by atoms with Crippen molar-refractivity contribution in [2.24, 2.45) is 11.7 Å². The Labute approximate surface area is 117 Å². The highest BCUT2D eigenvalue weighted by atomic mass is 19.1. The highest BCUT2D eigenvalue weighted by Crippen LogP contribution is 2.38. The second-order valence-corrected chi connectivity index (χ2v) is 5.35. The van der Waals surface area contributed by atoms with Gasteiger partial charge in [-0.2, -0.15) is 4.98 Å². The number of benzene rings is 1. The van der Waals surface area contributed by atoms with E-state index in [4.69, 9.17) is 10.3 Å². The first-order chi connectivity index (χ1) is 9.78. The molecule has 2 atom stereocenters. The first-order valence-corrected chi connectivity index (χ1v) is 7.04. The maximum atomic E-state index is 13.6. The minimum Gasteiger partial charge on any atom is -0.339 e. The summed E-state index contributed by atoms with van der Waals surface area (Å²) in [6, 6.07) is 6.66. The molecule has 2 unspecified atom stereocenters. The number of hydrogen-bond donors (Lipinski definition) is 1. The van der Waals surface area contributed by atoms with Gasteiger partial charge in [0.25, 0.3) is 0 Å². The van der Waals surface area contributed by atoms with Crippen LogP contribution in [0, 0.1) is 11.7 Å². The van der Waals surface area contributed by atoms with Crippen LogP contribution in [0.1, 0.15) is 42.5 Å². The van der Waals surface area contributed by atoms with Crippen molar-refractivity contribution in [1.82, 2.24) is 10.1 Å². The van der Waals surface area contributed by atoms with Gasteiger partial charge in [0.2, 0.25) is 5.89 Å². The molecule has 0 saturated heterocycles. The molecule has 1 saturated carbocycles. The highest BCUT2D eigenvalue weighted by molar-refractivity contribution is 5.20. The molecule has 106 valence electrons. The summed E-state index contributed by atoms with van der Waals surface area (Å²) >= 11 is 0. The molecule has 4 nitrogen and oxygen atoms in total. The molecule has 5 heteroatoms. The lowest BCUT2D eigenvalue weighted by Crippen LogP contribution is -2.17. The van der Waals surface area contributed by atoms with Crippen LogP contribution >= 0.6 is 0 Å². The number of rotatable bonds is 4. The minimum absolute atomic E-state index is 0.237. The molecule has 1 fully saturated rings. The van der Waals surface area contributed by atoms with Gasteiger partial charge < -0.3 is 10.3 Å². The molecule has 1 aromatic heterocycles. The summed E-state index contributed by atoms with van der Waals surface area (Å²) in [6.07, 6.45) is 3.67. The van der Waals surface area contributed by atoms with E-state index in [0.29, 0.717) is 36.2 Å². The first-order valence-electron chi connectivity index (χ1n) is 7.04. The number of hydrogen-bond acceptors (Lipinski definition) is 4. The van der Waals surface area contributed by atoms with Gasteiger partial charge in [-0.15, -0.1) is 0 Å². The van der Waals surface area contributed by atoms with E-state index in [-0.39, 0.29) is 11.7 Å². The SMILES string of the molecule is NCC1CCCC1c1nc(Cc2ccccc2F)no1. The smallest absolute Gasteiger partial charge is 0.230 e. The molecule has 3 rings (SSSR count). The van der Waals surface area contributed by atoms with Crippen molar-refractivity contribution in [3.8, 4) is 0 Å². The summed E-state index contributed by atoms with van der Waals surface area (Å²) < 4.78 is 19.0. The van der Waals surface area contributed by atoms with Crippen LogP contribution in [0.15, 0.2) is 28.8 Å². The third-order valence-electron chi connectivity index (χ3n) is 4.07. The second-order valence-electron chi connectivity index (χ2n) is 5.35. The van der Waals surface area contributed by atoms with Crippen molar-refractivity contribution in [2.45, 2.75) is 31.6 Å². The van der Waals surface area contributed by atoms with Gasteiger partial charge >= 0.3 is 0 Å². The van der Waals surface area contributed by atoms with Crippen LogP contribution in [0.3, 0.4) is 0 Å². The molecule has 1 aromatic carbocycles. The summed E-state index contributed by atoms with van der Waals surface area (Å²) in [5, 5.41) is 3.97. The molecule has 2 aromatic rings. The van der Waals surface area contributed by atoms with Crippen molar-refractivity contribution in [1.29, 1.82) is 0 Å². The molecule has 2 N–H and O–H groups in total. The predicted octanol–water partition coefficient (Wildman–Crippen LogP) is 2.64. The molecule has 0 spiro atoms. The fraction of sp³-hybridized carbons (Fsp3) is 0.467. The maximum Gasteiger partial charge on any atom is 0.230 e. The lowest BCUT2D eigenvalue weighted by Gasteiger charge is -2.12. The Morgan fingerprint density at radius 1 is 1.30 bits per heavy atom. The van der Waals surface area contributed by atoms with Gasteiger partial charge in [-0.1, -0.05) is 29.8 Å². The molecule has 0 amide bonds. The Bertz CT molecular complexity index is 584. The van der Waals surface area contributed by atoms with Gasteiger partial charge in [-0.25, -0.2) is 4.39 Å². The lowest BCUT2D eigenvalue weighted by atomic mass is 9.96. The van der Waals surface area contributed by atoms with Crippen LogP contribution in [0.5, 0.6) is 0 Å². The topological polar surface area (TPSA) is 64.9 Å². The molecule has 0 radical (unpaired) electrons. The highest BCUT2D eigenvalue weighted by Gasteiger charge is 2.31. The lowest BCUT2D eigenvalue weighted by molar-refractivity contribution is 0.323. The van der Waals surface area contributed by atoms with E-state index < -0.39 is 0 Å². The van der Waals surface area contributed by atoms with Gasteiger partial charge in [0.15, 0.2) is 5.82 Å². The van der Waals surface area contributed by atoms with Crippen molar-refractivity contribution in [3.63, 3.8) is 0 Å². The van der Waals surface area contributed by atoms with Gasteiger partial charge in [0, 0.05) is 12.3 Å². The molecular formula is C15H18FN3O. The van der Waals surface area contributed by atoms with Crippen LogP contribution in [0.25, 0.3) is 0 Å². The van der Waals surface area contributed by atoms with Crippen LogP contribution in [-0.2, 0) is 6.42 Å². The summed E-state index contributed by atoms with van der Waals surface area (Å²) in [7, 11) is 0. The Morgan fingerprint density at radius 3 is 2.95 bits per heavy atom. The van der Waals surface area contributed by atoms with E-state index in [1.807, 2.05) is 0 Å². The summed E-state index contributed by atoms with van der Waals surface area (Å²) in [5.41, 5.74) is 6.36. The molecule has 1 heterocycles. The summed E-state index contributed by atoms with van der Waals surface area (Å²) in [5.74, 6) is 1.65. The number of halogens is 1. The average molecular weight is 275 g/mol. The first kappa shape index (κ1) is 13.2. The largest absolute Gasteiger partial charge is 0.339 e. The van der Waals surface area contributed by atoms with Crippen molar-refractivity contribution in [2.75, 3.05) is 6.54 Å². The predicted molar refractivity (Wildman–Crippen MR) is 72.6 cm³/mol. The van der Waals surface area contributed by atoms with Crippen LogP contribution in [0.4, 0.5) is 4.39 Å². The third-order valence-corrected chi connectivity index (χ3v) is 4.07. The van der Waals surface area contributed by atoms with E-state index >= 15 is 0 Å². The monoisotopic (exact) mass is 275 g/mol. The number of nitrogens with two attached hydrogens (primary N) is 1.